The van der Waals surface area contributed by atoms with Crippen molar-refractivity contribution in [1.29, 1.82) is 0 Å². The summed E-state index contributed by atoms with van der Waals surface area (Å²) in [6.45, 7) is 2.49. The number of aromatic nitrogens is 1. The summed E-state index contributed by atoms with van der Waals surface area (Å²) in [4.78, 5) is 16.3. The number of rotatable bonds is 7. The molecule has 0 N–H and O–H groups in total. The number of hydrogen-bond donors (Lipinski definition) is 0. The lowest BCUT2D eigenvalue weighted by Gasteiger charge is -2.06. The molecule has 0 spiro atoms. The standard InChI is InChI=1S/C20H19NO3S/c1-15-6-5-9-18(12-15)23-11-10-19(22)24-13-17-14-25-20(21-17)16-7-3-2-4-8-16/h2-9,12,14H,10-11,13H2,1H3. The minimum atomic E-state index is -0.290. The van der Waals surface area contributed by atoms with Crippen LogP contribution in [0.2, 0.25) is 0 Å². The summed E-state index contributed by atoms with van der Waals surface area (Å²) in [5.74, 6) is 0.474. The number of nitrogens with zero attached hydrogens (tertiary/aromatic N) is 1. The Hall–Kier alpha value is -2.66. The number of hydrogen-bond acceptors (Lipinski definition) is 5. The number of aryl methyl sites for hydroxylation is 1. The monoisotopic (exact) mass is 353 g/mol. The van der Waals surface area contributed by atoms with Crippen LogP contribution in [0.5, 0.6) is 5.75 Å². The van der Waals surface area contributed by atoms with Gasteiger partial charge in [0.05, 0.1) is 18.7 Å². The molecule has 0 fully saturated rings. The number of benzene rings is 2. The summed E-state index contributed by atoms with van der Waals surface area (Å²) in [5, 5.41) is 2.84. The third-order valence-corrected chi connectivity index (χ3v) is 4.46. The van der Waals surface area contributed by atoms with E-state index >= 15 is 0 Å². The van der Waals surface area contributed by atoms with Crippen molar-refractivity contribution in [3.63, 3.8) is 0 Å². The Labute approximate surface area is 151 Å². The SMILES string of the molecule is Cc1cccc(OCCC(=O)OCc2csc(-c3ccccc3)n2)c1. The summed E-state index contributed by atoms with van der Waals surface area (Å²) >= 11 is 1.54. The molecule has 128 valence electrons. The summed E-state index contributed by atoms with van der Waals surface area (Å²) in [6, 6.07) is 17.7. The Bertz CT molecular complexity index is 830. The first-order valence-electron chi connectivity index (χ1n) is 8.05. The van der Waals surface area contributed by atoms with Gasteiger partial charge in [-0.25, -0.2) is 4.98 Å². The van der Waals surface area contributed by atoms with Crippen LogP contribution in [0.1, 0.15) is 17.7 Å². The average Bonchev–Trinajstić information content (AvgIpc) is 3.10. The number of esters is 1. The van der Waals surface area contributed by atoms with Crippen LogP contribution in [0.4, 0.5) is 0 Å². The van der Waals surface area contributed by atoms with Crippen LogP contribution >= 0.6 is 11.3 Å². The molecule has 2 aromatic carbocycles. The molecule has 1 aromatic heterocycles. The molecule has 0 saturated carbocycles. The van der Waals surface area contributed by atoms with E-state index in [0.29, 0.717) is 6.61 Å². The lowest BCUT2D eigenvalue weighted by molar-refractivity contribution is -0.145. The van der Waals surface area contributed by atoms with Gasteiger partial charge in [-0.15, -0.1) is 11.3 Å². The van der Waals surface area contributed by atoms with Crippen molar-refractivity contribution in [2.45, 2.75) is 20.0 Å². The third kappa shape index (κ3) is 5.16. The fourth-order valence-electron chi connectivity index (χ4n) is 2.27. The van der Waals surface area contributed by atoms with Gasteiger partial charge < -0.3 is 9.47 Å². The van der Waals surface area contributed by atoms with Gasteiger partial charge in [-0.1, -0.05) is 42.5 Å². The predicted octanol–water partition coefficient (Wildman–Crippen LogP) is 4.63. The van der Waals surface area contributed by atoms with Crippen LogP contribution < -0.4 is 4.74 Å². The number of ether oxygens (including phenoxy) is 2. The minimum Gasteiger partial charge on any atom is -0.493 e. The maximum atomic E-state index is 11.8. The molecule has 0 radical (unpaired) electrons. The zero-order chi connectivity index (χ0) is 17.5. The molecule has 0 aliphatic heterocycles. The molecule has 0 bridgehead atoms. The minimum absolute atomic E-state index is 0.187. The first-order chi connectivity index (χ1) is 12.2. The van der Waals surface area contributed by atoms with E-state index in [0.717, 1.165) is 27.6 Å². The number of carbonyl (C=O) groups is 1. The van der Waals surface area contributed by atoms with Crippen LogP contribution in [0, 0.1) is 6.92 Å². The Balaban J connectivity index is 1.43. The zero-order valence-electron chi connectivity index (χ0n) is 14.0. The van der Waals surface area contributed by atoms with Gasteiger partial charge >= 0.3 is 5.97 Å². The van der Waals surface area contributed by atoms with Gasteiger partial charge in [-0.2, -0.15) is 0 Å². The van der Waals surface area contributed by atoms with E-state index in [1.165, 1.54) is 0 Å². The van der Waals surface area contributed by atoms with Crippen molar-refractivity contribution in [2.75, 3.05) is 6.61 Å². The third-order valence-electron chi connectivity index (χ3n) is 3.52. The van der Waals surface area contributed by atoms with Crippen LogP contribution in [0.15, 0.2) is 60.0 Å². The molecule has 0 saturated heterocycles. The second kappa shape index (κ2) is 8.44. The Morgan fingerprint density at radius 3 is 2.76 bits per heavy atom. The quantitative estimate of drug-likeness (QED) is 0.581. The summed E-state index contributed by atoms with van der Waals surface area (Å²) in [7, 11) is 0. The van der Waals surface area contributed by atoms with Gasteiger partial charge in [-0.05, 0) is 24.6 Å². The molecule has 0 amide bonds. The van der Waals surface area contributed by atoms with Crippen molar-refractivity contribution in [1.82, 2.24) is 4.98 Å². The van der Waals surface area contributed by atoms with Crippen molar-refractivity contribution < 1.29 is 14.3 Å². The molecule has 3 rings (SSSR count). The van der Waals surface area contributed by atoms with E-state index in [4.69, 9.17) is 9.47 Å². The van der Waals surface area contributed by atoms with E-state index in [-0.39, 0.29) is 19.0 Å². The average molecular weight is 353 g/mol. The van der Waals surface area contributed by atoms with Crippen LogP contribution in [-0.2, 0) is 16.1 Å². The lowest BCUT2D eigenvalue weighted by Crippen LogP contribution is -2.10. The highest BCUT2D eigenvalue weighted by Gasteiger charge is 2.08. The molecule has 0 aliphatic rings. The van der Waals surface area contributed by atoms with E-state index in [1.807, 2.05) is 66.9 Å². The fraction of sp³-hybridized carbons (Fsp3) is 0.200. The van der Waals surface area contributed by atoms with Gasteiger partial charge in [-0.3, -0.25) is 4.79 Å². The zero-order valence-corrected chi connectivity index (χ0v) is 14.8. The Morgan fingerprint density at radius 1 is 1.12 bits per heavy atom. The smallest absolute Gasteiger partial charge is 0.309 e. The lowest BCUT2D eigenvalue weighted by atomic mass is 10.2. The molecule has 0 atom stereocenters. The van der Waals surface area contributed by atoms with E-state index in [2.05, 4.69) is 4.98 Å². The molecule has 25 heavy (non-hydrogen) atoms. The van der Waals surface area contributed by atoms with Crippen molar-refractivity contribution >= 4 is 17.3 Å². The fourth-order valence-corrected chi connectivity index (χ4v) is 3.08. The summed E-state index contributed by atoms with van der Waals surface area (Å²) < 4.78 is 10.8. The molecule has 1 heterocycles. The second-order valence-corrected chi connectivity index (χ2v) is 6.44. The van der Waals surface area contributed by atoms with Gasteiger partial charge in [0.1, 0.15) is 17.4 Å². The number of thiazole rings is 1. The topological polar surface area (TPSA) is 48.4 Å². The largest absolute Gasteiger partial charge is 0.493 e. The van der Waals surface area contributed by atoms with Crippen molar-refractivity contribution in [2.24, 2.45) is 0 Å². The van der Waals surface area contributed by atoms with Crippen molar-refractivity contribution in [3.8, 4) is 16.3 Å². The molecule has 3 aromatic rings. The molecule has 5 heteroatoms. The van der Waals surface area contributed by atoms with Crippen molar-refractivity contribution in [3.05, 3.63) is 71.2 Å². The van der Waals surface area contributed by atoms with Gasteiger partial charge in [0.2, 0.25) is 0 Å². The van der Waals surface area contributed by atoms with Gasteiger partial charge in [0.15, 0.2) is 0 Å². The van der Waals surface area contributed by atoms with E-state index in [1.54, 1.807) is 11.3 Å². The maximum absolute atomic E-state index is 11.8. The summed E-state index contributed by atoms with van der Waals surface area (Å²) in [6.07, 6.45) is 0.212. The van der Waals surface area contributed by atoms with Crippen LogP contribution in [-0.4, -0.2) is 17.6 Å². The molecule has 4 nitrogen and oxygen atoms in total. The summed E-state index contributed by atoms with van der Waals surface area (Å²) in [5.41, 5.74) is 2.95. The highest BCUT2D eigenvalue weighted by atomic mass is 32.1. The molecular formula is C20H19NO3S. The van der Waals surface area contributed by atoms with Crippen LogP contribution in [0.25, 0.3) is 10.6 Å². The first-order valence-corrected chi connectivity index (χ1v) is 8.93. The second-order valence-electron chi connectivity index (χ2n) is 5.59. The normalized spacial score (nSPS) is 10.4. The van der Waals surface area contributed by atoms with Crippen LogP contribution in [0.3, 0.4) is 0 Å². The van der Waals surface area contributed by atoms with E-state index in [9.17, 15) is 4.79 Å². The van der Waals surface area contributed by atoms with Gasteiger partial charge in [0, 0.05) is 10.9 Å². The van der Waals surface area contributed by atoms with E-state index < -0.39 is 0 Å². The Kier molecular flexibility index (Phi) is 5.80. The van der Waals surface area contributed by atoms with Gasteiger partial charge in [0.25, 0.3) is 0 Å². The molecule has 0 aliphatic carbocycles. The molecule has 0 unspecified atom stereocenters. The molecular weight excluding hydrogens is 334 g/mol. The highest BCUT2D eigenvalue weighted by Crippen LogP contribution is 2.23. The predicted molar refractivity (Wildman–Crippen MR) is 98.6 cm³/mol. The highest BCUT2D eigenvalue weighted by molar-refractivity contribution is 7.13. The number of carbonyl (C=O) groups excluding carboxylic acids is 1. The Morgan fingerprint density at radius 2 is 1.96 bits per heavy atom. The first kappa shape index (κ1) is 17.2. The maximum Gasteiger partial charge on any atom is 0.309 e.